The molecule has 5 rings (SSSR count). The molecule has 0 radical (unpaired) electrons. The smallest absolute Gasteiger partial charge is 0.138 e. The van der Waals surface area contributed by atoms with E-state index in [9.17, 15) is 0 Å². The maximum Gasteiger partial charge on any atom is 0.138 e. The molecule has 270 valence electrons. The van der Waals surface area contributed by atoms with Crippen molar-refractivity contribution in [2.45, 2.75) is 104 Å². The Kier molecular flexibility index (Phi) is 11.9. The lowest BCUT2D eigenvalue weighted by Gasteiger charge is -2.31. The van der Waals surface area contributed by atoms with E-state index in [1.807, 2.05) is 0 Å². The van der Waals surface area contributed by atoms with E-state index in [4.69, 9.17) is 9.47 Å². The molecule has 0 aliphatic heterocycles. The molecule has 0 heterocycles. The SMILES string of the molecule is CC(C)(C)c1ccc(COc2ccc(-c3cc(I)cc(-c4ccc(OCc5ccc(C(C)(C)C)cc5)cc4)c3C#C[Si](C)(C)C(C)(C)C)cc2)cc1. The molecule has 0 amide bonds. The molecule has 5 aromatic carbocycles. The minimum atomic E-state index is -1.88. The van der Waals surface area contributed by atoms with Crippen LogP contribution in [-0.4, -0.2) is 8.07 Å². The van der Waals surface area contributed by atoms with Gasteiger partial charge in [-0.15, -0.1) is 5.54 Å². The number of hydrogen-bond donors (Lipinski definition) is 0. The van der Waals surface area contributed by atoms with E-state index in [1.165, 1.54) is 14.7 Å². The monoisotopic (exact) mass is 818 g/mol. The van der Waals surface area contributed by atoms with Crippen LogP contribution in [0.2, 0.25) is 18.1 Å². The van der Waals surface area contributed by atoms with Crippen molar-refractivity contribution in [2.75, 3.05) is 0 Å². The van der Waals surface area contributed by atoms with Crippen molar-refractivity contribution in [3.05, 3.63) is 141 Å². The molecule has 4 heteroatoms. The molecular weight excluding hydrogens is 764 g/mol. The molecule has 0 spiro atoms. The van der Waals surface area contributed by atoms with Crippen LogP contribution in [0, 0.1) is 15.0 Å². The molecule has 0 aromatic heterocycles. The van der Waals surface area contributed by atoms with Crippen molar-refractivity contribution < 1.29 is 9.47 Å². The van der Waals surface area contributed by atoms with Crippen molar-refractivity contribution in [1.82, 2.24) is 0 Å². The van der Waals surface area contributed by atoms with Gasteiger partial charge in [0.25, 0.3) is 0 Å². The van der Waals surface area contributed by atoms with Gasteiger partial charge in [0.2, 0.25) is 0 Å². The van der Waals surface area contributed by atoms with Crippen molar-refractivity contribution >= 4 is 30.7 Å². The lowest BCUT2D eigenvalue weighted by molar-refractivity contribution is 0.306. The number of hydrogen-bond acceptors (Lipinski definition) is 2. The van der Waals surface area contributed by atoms with E-state index in [2.05, 4.69) is 219 Å². The third-order valence-electron chi connectivity index (χ3n) is 10.3. The minimum Gasteiger partial charge on any atom is -0.489 e. The van der Waals surface area contributed by atoms with Gasteiger partial charge in [-0.2, -0.15) is 0 Å². The van der Waals surface area contributed by atoms with Gasteiger partial charge in [-0.25, -0.2) is 0 Å². The lowest BCUT2D eigenvalue weighted by atomic mass is 9.87. The number of benzene rings is 5. The second-order valence-corrected chi connectivity index (χ2v) is 23.8. The molecular formula is C48H55IO2Si. The van der Waals surface area contributed by atoms with Crippen molar-refractivity contribution in [2.24, 2.45) is 0 Å². The van der Waals surface area contributed by atoms with E-state index >= 15 is 0 Å². The Hall–Kier alpha value is -3.79. The van der Waals surface area contributed by atoms with Crippen LogP contribution < -0.4 is 9.47 Å². The molecule has 0 saturated heterocycles. The summed E-state index contributed by atoms with van der Waals surface area (Å²) in [6, 6.07) is 39.0. The van der Waals surface area contributed by atoms with Crippen molar-refractivity contribution in [3.63, 3.8) is 0 Å². The van der Waals surface area contributed by atoms with Gasteiger partial charge in [0.05, 0.1) is 0 Å². The Balaban J connectivity index is 1.42. The highest BCUT2D eigenvalue weighted by molar-refractivity contribution is 14.1. The zero-order valence-electron chi connectivity index (χ0n) is 33.0. The van der Waals surface area contributed by atoms with E-state index < -0.39 is 8.07 Å². The molecule has 0 aliphatic rings. The van der Waals surface area contributed by atoms with Crippen LogP contribution in [0.3, 0.4) is 0 Å². The average Bonchev–Trinajstić information content (AvgIpc) is 3.08. The number of ether oxygens (including phenoxy) is 2. The standard InChI is InChI=1S/C48H55IO2Si/c1-46(2,3)38-20-12-34(13-21-38)32-50-41-24-16-36(17-25-41)44-30-40(49)31-45(43(44)28-29-52(10,11)48(7,8)9)37-18-26-42(27-19-37)51-33-35-14-22-39(23-15-35)47(4,5)6/h12-27,30-31H,32-33H2,1-11H3. The molecule has 52 heavy (non-hydrogen) atoms. The second kappa shape index (κ2) is 15.7. The molecule has 0 unspecified atom stereocenters. The Labute approximate surface area is 328 Å². The topological polar surface area (TPSA) is 18.5 Å². The fraction of sp³-hybridized carbons (Fsp3) is 0.333. The third-order valence-corrected chi connectivity index (χ3v) is 15.4. The second-order valence-electron chi connectivity index (χ2n) is 17.5. The summed E-state index contributed by atoms with van der Waals surface area (Å²) in [6.45, 7) is 26.2. The molecule has 0 atom stereocenters. The van der Waals surface area contributed by atoms with Crippen molar-refractivity contribution in [1.29, 1.82) is 0 Å². The van der Waals surface area contributed by atoms with Gasteiger partial charge in [0, 0.05) is 9.13 Å². The largest absolute Gasteiger partial charge is 0.489 e. The summed E-state index contributed by atoms with van der Waals surface area (Å²) in [4.78, 5) is 0. The summed E-state index contributed by atoms with van der Waals surface area (Å²) in [5.41, 5.74) is 14.6. The highest BCUT2D eigenvalue weighted by Crippen LogP contribution is 2.38. The van der Waals surface area contributed by atoms with Gasteiger partial charge in [-0.05, 0) is 119 Å². The Morgan fingerprint density at radius 2 is 0.904 bits per heavy atom. The van der Waals surface area contributed by atoms with Gasteiger partial charge in [0.15, 0.2) is 0 Å². The van der Waals surface area contributed by atoms with Gasteiger partial charge in [-0.1, -0.05) is 154 Å². The van der Waals surface area contributed by atoms with Crippen LogP contribution in [0.4, 0.5) is 0 Å². The Morgan fingerprint density at radius 1 is 0.538 bits per heavy atom. The summed E-state index contributed by atoms with van der Waals surface area (Å²) in [5, 5.41) is 0.154. The summed E-state index contributed by atoms with van der Waals surface area (Å²) < 4.78 is 13.6. The van der Waals surface area contributed by atoms with Crippen molar-refractivity contribution in [3.8, 4) is 45.2 Å². The normalized spacial score (nSPS) is 12.2. The maximum absolute atomic E-state index is 6.23. The first-order chi connectivity index (χ1) is 24.3. The average molecular weight is 819 g/mol. The van der Waals surface area contributed by atoms with Crippen LogP contribution in [-0.2, 0) is 24.0 Å². The molecule has 0 aliphatic carbocycles. The van der Waals surface area contributed by atoms with E-state index in [-0.39, 0.29) is 15.9 Å². The first-order valence-corrected chi connectivity index (χ1v) is 22.4. The lowest BCUT2D eigenvalue weighted by Crippen LogP contribution is -2.35. The van der Waals surface area contributed by atoms with E-state index in [1.54, 1.807) is 0 Å². The zero-order chi connectivity index (χ0) is 37.9. The van der Waals surface area contributed by atoms with E-state index in [0.717, 1.165) is 50.4 Å². The summed E-state index contributed by atoms with van der Waals surface area (Å²) in [7, 11) is -1.88. The predicted molar refractivity (Wildman–Crippen MR) is 233 cm³/mol. The van der Waals surface area contributed by atoms with Crippen LogP contribution in [0.15, 0.2) is 109 Å². The van der Waals surface area contributed by atoms with Gasteiger partial charge < -0.3 is 9.47 Å². The van der Waals surface area contributed by atoms with Crippen LogP contribution >= 0.6 is 22.6 Å². The van der Waals surface area contributed by atoms with Crippen LogP contribution in [0.1, 0.15) is 90.1 Å². The molecule has 5 aromatic rings. The maximum atomic E-state index is 6.23. The first-order valence-electron chi connectivity index (χ1n) is 18.3. The van der Waals surface area contributed by atoms with E-state index in [0.29, 0.717) is 13.2 Å². The molecule has 0 fully saturated rings. The summed E-state index contributed by atoms with van der Waals surface area (Å²) in [5.74, 6) is 5.45. The molecule has 0 saturated carbocycles. The fourth-order valence-electron chi connectivity index (χ4n) is 5.60. The Bertz CT molecular complexity index is 1900. The fourth-order valence-corrected chi connectivity index (χ4v) is 7.04. The predicted octanol–water partition coefficient (Wildman–Crippen LogP) is 13.8. The zero-order valence-corrected chi connectivity index (χ0v) is 36.2. The van der Waals surface area contributed by atoms with Gasteiger partial charge >= 0.3 is 0 Å². The molecule has 0 N–H and O–H groups in total. The summed E-state index contributed by atoms with van der Waals surface area (Å²) >= 11 is 2.44. The van der Waals surface area contributed by atoms with Gasteiger partial charge in [0.1, 0.15) is 32.8 Å². The van der Waals surface area contributed by atoms with Crippen LogP contribution in [0.5, 0.6) is 11.5 Å². The molecule has 2 nitrogen and oxygen atoms in total. The highest BCUT2D eigenvalue weighted by atomic mass is 127. The third kappa shape index (κ3) is 9.99. The quantitative estimate of drug-likeness (QED) is 0.0882. The van der Waals surface area contributed by atoms with Crippen LogP contribution in [0.25, 0.3) is 22.3 Å². The number of halogens is 1. The summed E-state index contributed by atoms with van der Waals surface area (Å²) in [6.07, 6.45) is 0. The first kappa shape index (κ1) is 39.4. The highest BCUT2D eigenvalue weighted by Gasteiger charge is 2.34. The minimum absolute atomic E-state index is 0.135. The Morgan fingerprint density at radius 3 is 1.23 bits per heavy atom. The molecule has 0 bridgehead atoms. The number of rotatable bonds is 8. The van der Waals surface area contributed by atoms with Gasteiger partial charge in [-0.3, -0.25) is 0 Å².